The molecule has 0 bridgehead atoms. The molecule has 4 aromatic rings. The topological polar surface area (TPSA) is 50.0 Å². The average Bonchev–Trinajstić information content (AvgIpc) is 3.33. The van der Waals surface area contributed by atoms with Gasteiger partial charge >= 0.3 is 0 Å². The van der Waals surface area contributed by atoms with E-state index in [1.807, 2.05) is 22.7 Å². The molecule has 0 radical (unpaired) electrons. The molecule has 0 aliphatic heterocycles. The van der Waals surface area contributed by atoms with Crippen molar-refractivity contribution in [3.05, 3.63) is 88.5 Å². The molecule has 2 heterocycles. The number of methoxy groups -OCH3 is 1. The molecule has 1 N–H and O–H groups in total. The molecular formula is C30H33ClFN3O2. The fraction of sp³-hybridized carbons (Fsp3) is 0.367. The van der Waals surface area contributed by atoms with E-state index in [1.165, 1.54) is 24.5 Å². The number of imidazole rings is 1. The second kappa shape index (κ2) is 11.2. The van der Waals surface area contributed by atoms with E-state index >= 15 is 0 Å². The van der Waals surface area contributed by atoms with Gasteiger partial charge in [-0.25, -0.2) is 9.37 Å². The van der Waals surface area contributed by atoms with E-state index in [-0.39, 0.29) is 12.4 Å². The number of rotatable bonds is 8. The van der Waals surface area contributed by atoms with Gasteiger partial charge in [-0.2, -0.15) is 0 Å². The van der Waals surface area contributed by atoms with Crippen molar-refractivity contribution >= 4 is 17.2 Å². The Kier molecular flexibility index (Phi) is 7.79. The lowest BCUT2D eigenvalue weighted by Gasteiger charge is -2.35. The monoisotopic (exact) mass is 521 g/mol. The molecule has 1 fully saturated rings. The number of pyridine rings is 1. The highest BCUT2D eigenvalue weighted by Crippen LogP contribution is 2.34. The Morgan fingerprint density at radius 2 is 1.89 bits per heavy atom. The van der Waals surface area contributed by atoms with Crippen LogP contribution in [0.5, 0.6) is 5.75 Å². The number of halogens is 2. The first kappa shape index (κ1) is 25.7. The highest BCUT2D eigenvalue weighted by Gasteiger charge is 2.25. The SMILES string of the molecule is COc1cc(CO)c(-c2cn3ccc(CC4CCC(N(C)Cc5ccccc5F)CC4)cc3n2)cc1Cl. The van der Waals surface area contributed by atoms with Gasteiger partial charge in [-0.15, -0.1) is 0 Å². The maximum atomic E-state index is 14.1. The van der Waals surface area contributed by atoms with Crippen molar-refractivity contribution in [3.63, 3.8) is 0 Å². The molecule has 7 heteroatoms. The molecule has 5 rings (SSSR count). The summed E-state index contributed by atoms with van der Waals surface area (Å²) < 4.78 is 21.4. The van der Waals surface area contributed by atoms with Gasteiger partial charge in [0.15, 0.2) is 0 Å². The van der Waals surface area contributed by atoms with Crippen LogP contribution in [-0.2, 0) is 19.6 Å². The van der Waals surface area contributed by atoms with Gasteiger partial charge in [0.05, 0.1) is 24.4 Å². The van der Waals surface area contributed by atoms with Crippen molar-refractivity contribution in [2.24, 2.45) is 5.92 Å². The van der Waals surface area contributed by atoms with Crippen molar-refractivity contribution in [2.75, 3.05) is 14.2 Å². The predicted octanol–water partition coefficient (Wildman–Crippen LogP) is 6.53. The second-order valence-electron chi connectivity index (χ2n) is 10.1. The lowest BCUT2D eigenvalue weighted by molar-refractivity contribution is 0.157. The molecule has 1 saturated carbocycles. The van der Waals surface area contributed by atoms with Gasteiger partial charge < -0.3 is 14.2 Å². The summed E-state index contributed by atoms with van der Waals surface area (Å²) in [4.78, 5) is 7.14. The zero-order chi connectivity index (χ0) is 25.9. The van der Waals surface area contributed by atoms with Crippen LogP contribution in [0.25, 0.3) is 16.9 Å². The van der Waals surface area contributed by atoms with Crippen LogP contribution in [-0.4, -0.2) is 39.6 Å². The van der Waals surface area contributed by atoms with E-state index in [9.17, 15) is 9.50 Å². The number of hydrogen-bond acceptors (Lipinski definition) is 4. The number of aliphatic hydroxyl groups excluding tert-OH is 1. The zero-order valence-electron chi connectivity index (χ0n) is 21.3. The first-order valence-corrected chi connectivity index (χ1v) is 13.2. The molecule has 0 spiro atoms. The Balaban J connectivity index is 1.24. The lowest BCUT2D eigenvalue weighted by Crippen LogP contribution is -2.35. The Labute approximate surface area is 222 Å². The van der Waals surface area contributed by atoms with Crippen molar-refractivity contribution < 1.29 is 14.2 Å². The van der Waals surface area contributed by atoms with Crippen LogP contribution >= 0.6 is 11.6 Å². The standard InChI is InChI=1S/C30H33ClFN3O2/c1-34(17-22-5-3-4-6-27(22)32)24-9-7-20(8-10-24)13-21-11-12-35-18-28(33-30(35)14-21)25-16-26(31)29(37-2)15-23(25)19-36/h3-6,11-12,14-16,18,20,24,36H,7-10,13,17,19H2,1-2H3. The Hall–Kier alpha value is -2.93. The van der Waals surface area contributed by atoms with E-state index in [0.717, 1.165) is 47.3 Å². The minimum absolute atomic E-state index is 0.122. The van der Waals surface area contributed by atoms with Crippen molar-refractivity contribution in [2.45, 2.75) is 51.3 Å². The van der Waals surface area contributed by atoms with Crippen LogP contribution in [0.4, 0.5) is 4.39 Å². The largest absolute Gasteiger partial charge is 0.495 e. The van der Waals surface area contributed by atoms with Crippen molar-refractivity contribution in [3.8, 4) is 17.0 Å². The van der Waals surface area contributed by atoms with E-state index in [2.05, 4.69) is 30.3 Å². The minimum Gasteiger partial charge on any atom is -0.495 e. The fourth-order valence-electron chi connectivity index (χ4n) is 5.55. The molecular weight excluding hydrogens is 489 g/mol. The third-order valence-electron chi connectivity index (χ3n) is 7.69. The van der Waals surface area contributed by atoms with Gasteiger partial charge in [-0.1, -0.05) is 29.8 Å². The Bertz CT molecular complexity index is 1380. The van der Waals surface area contributed by atoms with Gasteiger partial charge in [0.1, 0.15) is 17.2 Å². The normalized spacial score (nSPS) is 18.0. The first-order valence-electron chi connectivity index (χ1n) is 12.8. The fourth-order valence-corrected chi connectivity index (χ4v) is 5.79. The number of fused-ring (bicyclic) bond motifs is 1. The third kappa shape index (κ3) is 5.66. The maximum Gasteiger partial charge on any atom is 0.137 e. The smallest absolute Gasteiger partial charge is 0.137 e. The van der Waals surface area contributed by atoms with Gasteiger partial charge in [0.25, 0.3) is 0 Å². The zero-order valence-corrected chi connectivity index (χ0v) is 22.1. The summed E-state index contributed by atoms with van der Waals surface area (Å²) in [6, 6.07) is 15.4. The number of aliphatic hydroxyl groups is 1. The summed E-state index contributed by atoms with van der Waals surface area (Å²) in [5.41, 5.74) is 5.22. The van der Waals surface area contributed by atoms with Crippen molar-refractivity contribution in [1.29, 1.82) is 0 Å². The summed E-state index contributed by atoms with van der Waals surface area (Å²) in [7, 11) is 3.67. The highest BCUT2D eigenvalue weighted by molar-refractivity contribution is 6.32. The highest BCUT2D eigenvalue weighted by atomic mass is 35.5. The molecule has 0 unspecified atom stereocenters. The molecule has 194 valence electrons. The van der Waals surface area contributed by atoms with Gasteiger partial charge in [0, 0.05) is 36.1 Å². The van der Waals surface area contributed by atoms with E-state index in [4.69, 9.17) is 21.3 Å². The van der Waals surface area contributed by atoms with Gasteiger partial charge in [-0.05, 0) is 86.5 Å². The van der Waals surface area contributed by atoms with E-state index in [0.29, 0.717) is 29.3 Å². The lowest BCUT2D eigenvalue weighted by atomic mass is 9.82. The molecule has 0 saturated heterocycles. The number of nitrogens with zero attached hydrogens (tertiary/aromatic N) is 3. The molecule has 2 aromatic heterocycles. The number of ether oxygens (including phenoxy) is 1. The summed E-state index contributed by atoms with van der Waals surface area (Å²) in [6.45, 7) is 0.526. The molecule has 5 nitrogen and oxygen atoms in total. The predicted molar refractivity (Wildman–Crippen MR) is 145 cm³/mol. The second-order valence-corrected chi connectivity index (χ2v) is 10.5. The van der Waals surface area contributed by atoms with Crippen LogP contribution in [0.3, 0.4) is 0 Å². The molecule has 1 aliphatic carbocycles. The summed E-state index contributed by atoms with van der Waals surface area (Å²) in [6.07, 6.45) is 9.65. The van der Waals surface area contributed by atoms with Crippen LogP contribution in [0.1, 0.15) is 42.4 Å². The summed E-state index contributed by atoms with van der Waals surface area (Å²) in [5, 5.41) is 10.4. The Morgan fingerprint density at radius 3 is 2.62 bits per heavy atom. The first-order chi connectivity index (χ1) is 17.9. The number of aromatic nitrogens is 2. The van der Waals surface area contributed by atoms with Crippen LogP contribution in [0, 0.1) is 11.7 Å². The average molecular weight is 522 g/mol. The quantitative estimate of drug-likeness (QED) is 0.286. The van der Waals surface area contributed by atoms with Crippen molar-refractivity contribution in [1.82, 2.24) is 14.3 Å². The summed E-state index contributed by atoms with van der Waals surface area (Å²) >= 11 is 6.36. The van der Waals surface area contributed by atoms with Gasteiger partial charge in [0.2, 0.25) is 0 Å². The molecule has 37 heavy (non-hydrogen) atoms. The van der Waals surface area contributed by atoms with Gasteiger partial charge in [-0.3, -0.25) is 4.90 Å². The summed E-state index contributed by atoms with van der Waals surface area (Å²) in [5.74, 6) is 1.05. The van der Waals surface area contributed by atoms with Crippen LogP contribution < -0.4 is 4.74 Å². The Morgan fingerprint density at radius 1 is 1.11 bits per heavy atom. The molecule has 0 amide bonds. The van der Waals surface area contributed by atoms with E-state index < -0.39 is 0 Å². The van der Waals surface area contributed by atoms with Crippen LogP contribution in [0.2, 0.25) is 5.02 Å². The maximum absolute atomic E-state index is 14.1. The minimum atomic E-state index is -0.125. The third-order valence-corrected chi connectivity index (χ3v) is 7.99. The van der Waals surface area contributed by atoms with Crippen LogP contribution in [0.15, 0.2) is 60.9 Å². The number of hydrogen-bond donors (Lipinski definition) is 1. The number of benzene rings is 2. The molecule has 1 aliphatic rings. The molecule has 2 aromatic carbocycles. The van der Waals surface area contributed by atoms with E-state index in [1.54, 1.807) is 25.3 Å². The molecule has 0 atom stereocenters.